The average molecular weight is 1180 g/mol. The van der Waals surface area contributed by atoms with Gasteiger partial charge in [0.15, 0.2) is 0 Å². The van der Waals surface area contributed by atoms with Crippen LogP contribution in [0.25, 0.3) is 0 Å². The van der Waals surface area contributed by atoms with Crippen LogP contribution < -0.4 is 50.0 Å². The largest absolute Gasteiger partial charge is 1.00 e. The Labute approximate surface area is 476 Å². The summed E-state index contributed by atoms with van der Waals surface area (Å²) >= 11 is 1.21. The summed E-state index contributed by atoms with van der Waals surface area (Å²) in [5.74, 6) is -3.80. The Bertz CT molecular complexity index is 2790. The van der Waals surface area contributed by atoms with Crippen molar-refractivity contribution in [3.8, 4) is 0 Å². The number of nitrogens with zero attached hydrogens (tertiary/aromatic N) is 8. The third-order valence-corrected chi connectivity index (χ3v) is 16.5. The van der Waals surface area contributed by atoms with E-state index in [1.807, 2.05) is 37.3 Å². The number of esters is 1. The normalized spacial score (nSPS) is 16.1. The van der Waals surface area contributed by atoms with E-state index in [0.717, 1.165) is 16.9 Å². The molecule has 0 spiro atoms. The van der Waals surface area contributed by atoms with E-state index >= 15 is 0 Å². The van der Waals surface area contributed by atoms with Gasteiger partial charge in [-0.1, -0.05) is 53.7 Å². The molecule has 19 nitrogen and oxygen atoms in total. The zero-order valence-corrected chi connectivity index (χ0v) is 49.9. The third-order valence-electron chi connectivity index (χ3n) is 12.6. The van der Waals surface area contributed by atoms with E-state index in [0.29, 0.717) is 105 Å². The van der Waals surface area contributed by atoms with Gasteiger partial charge < -0.3 is 35.8 Å². The summed E-state index contributed by atoms with van der Waals surface area (Å²) in [7, 11) is -5.27. The fourth-order valence-corrected chi connectivity index (χ4v) is 11.9. The molecule has 2 aliphatic rings. The van der Waals surface area contributed by atoms with Crippen molar-refractivity contribution in [3.63, 3.8) is 0 Å². The van der Waals surface area contributed by atoms with E-state index in [2.05, 4.69) is 66.8 Å². The van der Waals surface area contributed by atoms with Gasteiger partial charge in [-0.2, -0.15) is 45.1 Å². The van der Waals surface area contributed by atoms with Crippen LogP contribution in [-0.2, 0) is 46.7 Å². The SMILES string of the molecule is CC(C)CN(c1ccc([C@H](C)CC(=O)O)cc1Nc1nc(C(F)(F)F)ns1)C1CCN(S(C)(=O)=O)CC1.COC(=O)C[C@@H](C)c1ccc(N(CC(C)C)C2CCN(S(C)(=O)=O)CC2)c(Nc2nc(C(F)(F)F)ns2)c1.[Na+].[OH-]. The number of carboxylic acid groups (broad SMARTS) is 1. The Morgan fingerprint density at radius 3 is 1.32 bits per heavy atom. The maximum atomic E-state index is 13.1. The van der Waals surface area contributed by atoms with E-state index in [9.17, 15) is 57.9 Å². The Morgan fingerprint density at radius 2 is 1.04 bits per heavy atom. The topological polar surface area (TPSA) is 250 Å². The van der Waals surface area contributed by atoms with Gasteiger partial charge in [-0.3, -0.25) is 9.59 Å². The molecular weight excluding hydrogens is 1110 g/mol. The number of alkyl halides is 6. The number of benzene rings is 2. The third kappa shape index (κ3) is 19.7. The molecule has 4 heterocycles. The summed E-state index contributed by atoms with van der Waals surface area (Å²) in [5, 5.41) is 15.2. The molecule has 2 saturated heterocycles. The van der Waals surface area contributed by atoms with E-state index in [4.69, 9.17) is 4.74 Å². The molecule has 2 atom stereocenters. The minimum atomic E-state index is -4.67. The van der Waals surface area contributed by atoms with Crippen molar-refractivity contribution < 1.29 is 97.6 Å². The monoisotopic (exact) mass is 1180 g/mol. The van der Waals surface area contributed by atoms with Crippen LogP contribution >= 0.6 is 23.1 Å². The van der Waals surface area contributed by atoms with Crippen molar-refractivity contribution in [3.05, 3.63) is 59.2 Å². The maximum Gasteiger partial charge on any atom is 1.00 e. The first kappa shape index (κ1) is 67.3. The van der Waals surface area contributed by atoms with Gasteiger partial charge >= 0.3 is 53.8 Å². The number of aromatic nitrogens is 4. The number of carboxylic acids is 1. The van der Waals surface area contributed by atoms with Crippen molar-refractivity contribution in [2.75, 3.05) is 79.3 Å². The number of aliphatic carboxylic acids is 1. The van der Waals surface area contributed by atoms with Crippen molar-refractivity contribution in [1.29, 1.82) is 0 Å². The zero-order valence-electron chi connectivity index (χ0n) is 44.6. The van der Waals surface area contributed by atoms with E-state index < -0.39 is 50.0 Å². The average Bonchev–Trinajstić information content (AvgIpc) is 4.00. The molecule has 4 N–H and O–H groups in total. The number of hydrogen-bond donors (Lipinski definition) is 3. The van der Waals surface area contributed by atoms with Crippen LogP contribution in [0.1, 0.15) is 115 Å². The first-order chi connectivity index (χ1) is 34.8. The van der Waals surface area contributed by atoms with E-state index in [-0.39, 0.29) is 99.9 Å². The molecule has 2 aliphatic heterocycles. The maximum absolute atomic E-state index is 13.1. The smallest absolute Gasteiger partial charge is 0.870 e. The minimum absolute atomic E-state index is 0. The Morgan fingerprint density at radius 1 is 0.688 bits per heavy atom. The number of rotatable bonds is 20. The van der Waals surface area contributed by atoms with Gasteiger partial charge in [0.1, 0.15) is 0 Å². The molecule has 6 rings (SSSR count). The second-order valence-electron chi connectivity index (χ2n) is 19.7. The number of anilines is 6. The molecule has 30 heteroatoms. The number of sulfonamides is 2. The Kier molecular flexibility index (Phi) is 24.9. The van der Waals surface area contributed by atoms with Crippen LogP contribution in [0.15, 0.2) is 36.4 Å². The number of halogens is 6. The summed E-state index contributed by atoms with van der Waals surface area (Å²) in [6.07, 6.45) is -4.50. The molecule has 426 valence electrons. The second-order valence-corrected chi connectivity index (χ2v) is 25.2. The van der Waals surface area contributed by atoms with Gasteiger partial charge in [0, 0.05) is 74.4 Å². The quantitative estimate of drug-likeness (QED) is 0.0489. The van der Waals surface area contributed by atoms with Crippen molar-refractivity contribution >= 4 is 88.1 Å². The number of carbonyl (C=O) groups is 2. The molecule has 0 unspecified atom stereocenters. The van der Waals surface area contributed by atoms with Crippen LogP contribution in [0.2, 0.25) is 0 Å². The van der Waals surface area contributed by atoms with Crippen LogP contribution in [-0.4, -0.2) is 138 Å². The molecule has 0 radical (unpaired) electrons. The molecule has 77 heavy (non-hydrogen) atoms. The zero-order chi connectivity index (χ0) is 55.8. The molecule has 2 aromatic heterocycles. The summed E-state index contributed by atoms with van der Waals surface area (Å²) in [6.45, 7) is 14.7. The number of piperidine rings is 2. The molecular formula is C47H67F6N10NaO9S4. The number of hydrogen-bond acceptors (Lipinski definition) is 18. The standard InChI is InChI=1S/C24H34F3N5O4S2.C23H32F3N5O4S2.Na.H2O/c1-15(2)14-32(18-8-10-31(11-9-18)38(5,34)35)20-7-6-17(16(3)12-21(33)36-4)13-19(20)28-23-29-22(30-37-23)24(25,26)27;1-14(2)13-31(17-7-9-30(10-8-17)37(4,34)35)19-6-5-16(15(3)11-20(32)33)12-18(19)27-22-28-21(29-36-22)23(24,25)26;;/h6-7,13,15-16,18H,8-12,14H2,1-5H3,(H,28,29,30);5-6,12,14-15,17H,7-11,13H2,1-4H3,(H,32,33)(H,27,28,29);;1H2/q;;+1;/p-1/t16-;15-;;/m11../s1. The number of nitrogens with one attached hydrogen (secondary N) is 2. The van der Waals surface area contributed by atoms with Gasteiger partial charge in [0.2, 0.25) is 42.0 Å². The predicted octanol–water partition coefficient (Wildman–Crippen LogP) is 6.45. The minimum Gasteiger partial charge on any atom is -0.870 e. The van der Waals surface area contributed by atoms with Crippen LogP contribution in [0, 0.1) is 11.8 Å². The molecule has 0 amide bonds. The summed E-state index contributed by atoms with van der Waals surface area (Å²) in [5.41, 5.74) is 4.03. The summed E-state index contributed by atoms with van der Waals surface area (Å²) in [4.78, 5) is 34.7. The molecule has 0 bridgehead atoms. The van der Waals surface area contributed by atoms with Crippen molar-refractivity contribution in [2.45, 2.75) is 116 Å². The summed E-state index contributed by atoms with van der Waals surface area (Å²) in [6, 6.07) is 11.0. The molecule has 0 aliphatic carbocycles. The first-order valence-electron chi connectivity index (χ1n) is 24.2. The molecule has 4 aromatic rings. The molecule has 2 aromatic carbocycles. The number of ether oxygens (including phenoxy) is 1. The summed E-state index contributed by atoms with van der Waals surface area (Å²) < 4.78 is 141. The van der Waals surface area contributed by atoms with E-state index in [1.165, 1.54) is 28.2 Å². The van der Waals surface area contributed by atoms with Crippen LogP contribution in [0.4, 0.5) is 59.4 Å². The van der Waals surface area contributed by atoms with Crippen molar-refractivity contribution in [1.82, 2.24) is 27.3 Å². The van der Waals surface area contributed by atoms with Gasteiger partial charge in [-0.15, -0.1) is 0 Å². The van der Waals surface area contributed by atoms with E-state index in [1.54, 1.807) is 13.0 Å². The van der Waals surface area contributed by atoms with Gasteiger partial charge in [-0.05, 0) is 84.7 Å². The van der Waals surface area contributed by atoms with Gasteiger partial charge in [0.25, 0.3) is 0 Å². The van der Waals surface area contributed by atoms with Gasteiger partial charge in [0.05, 0.1) is 55.2 Å². The fourth-order valence-electron chi connectivity index (χ4n) is 8.91. The first-order valence-corrected chi connectivity index (χ1v) is 29.4. The second kappa shape index (κ2) is 28.5. The van der Waals surface area contributed by atoms with Crippen LogP contribution in [0.3, 0.4) is 0 Å². The van der Waals surface area contributed by atoms with Crippen LogP contribution in [0.5, 0.6) is 0 Å². The molecule has 2 fully saturated rings. The van der Waals surface area contributed by atoms with Gasteiger partial charge in [-0.25, -0.2) is 25.4 Å². The predicted molar refractivity (Wildman–Crippen MR) is 280 cm³/mol. The molecule has 0 saturated carbocycles. The number of carbonyl (C=O) groups excluding carboxylic acids is 1. The number of methoxy groups -OCH3 is 1. The van der Waals surface area contributed by atoms with Crippen molar-refractivity contribution in [2.24, 2.45) is 11.8 Å². The Balaban J connectivity index is 0.000000395. The Hall–Kier alpha value is -3.94. The fraction of sp³-hybridized carbons (Fsp3) is 0.617.